The molecule has 5 nitrogen and oxygen atoms in total. The minimum absolute atomic E-state index is 0.121. The van der Waals surface area contributed by atoms with Crippen LogP contribution in [0.3, 0.4) is 0 Å². The van der Waals surface area contributed by atoms with E-state index in [1.165, 1.54) is 17.4 Å². The number of rotatable bonds is 6. The molecule has 1 aliphatic carbocycles. The van der Waals surface area contributed by atoms with Crippen LogP contribution >= 0.6 is 11.3 Å². The molecular formula is C16H18N2O3S. The average Bonchev–Trinajstić information content (AvgIpc) is 3.11. The van der Waals surface area contributed by atoms with E-state index < -0.39 is 5.97 Å². The minimum Gasteiger partial charge on any atom is -0.481 e. The van der Waals surface area contributed by atoms with Crippen molar-refractivity contribution in [3.05, 3.63) is 22.2 Å². The maximum Gasteiger partial charge on any atom is 0.306 e. The fourth-order valence-corrected chi connectivity index (χ4v) is 3.60. The molecule has 1 N–H and O–H groups in total. The molecule has 0 amide bonds. The van der Waals surface area contributed by atoms with E-state index in [-0.39, 0.29) is 35.5 Å². The molecule has 1 saturated carbocycles. The third-order valence-corrected chi connectivity index (χ3v) is 4.94. The van der Waals surface area contributed by atoms with Crippen molar-refractivity contribution in [3.8, 4) is 6.07 Å². The van der Waals surface area contributed by atoms with Gasteiger partial charge in [-0.05, 0) is 37.2 Å². The van der Waals surface area contributed by atoms with Gasteiger partial charge in [0, 0.05) is 18.0 Å². The fourth-order valence-electron chi connectivity index (χ4n) is 3.03. The van der Waals surface area contributed by atoms with E-state index in [2.05, 4.69) is 4.98 Å². The van der Waals surface area contributed by atoms with E-state index in [4.69, 9.17) is 10.4 Å². The maximum atomic E-state index is 12.1. The van der Waals surface area contributed by atoms with Gasteiger partial charge in [0.15, 0.2) is 5.78 Å². The van der Waals surface area contributed by atoms with Gasteiger partial charge in [-0.2, -0.15) is 5.26 Å². The first-order valence-electron chi connectivity index (χ1n) is 7.28. The van der Waals surface area contributed by atoms with Crippen LogP contribution in [0.2, 0.25) is 0 Å². The fraction of sp³-hybridized carbons (Fsp3) is 0.500. The molecule has 2 rings (SSSR count). The Labute approximate surface area is 133 Å². The highest BCUT2D eigenvalue weighted by Crippen LogP contribution is 2.38. The summed E-state index contributed by atoms with van der Waals surface area (Å²) in [4.78, 5) is 27.3. The van der Waals surface area contributed by atoms with E-state index in [1.54, 1.807) is 11.6 Å². The Hall–Kier alpha value is -2.00. The molecule has 1 aliphatic rings. The Morgan fingerprint density at radius 3 is 2.86 bits per heavy atom. The van der Waals surface area contributed by atoms with Crippen LogP contribution in [0.4, 0.5) is 0 Å². The van der Waals surface area contributed by atoms with Crippen molar-refractivity contribution in [2.45, 2.75) is 32.6 Å². The van der Waals surface area contributed by atoms with Crippen molar-refractivity contribution in [1.29, 1.82) is 5.26 Å². The van der Waals surface area contributed by atoms with Crippen molar-refractivity contribution in [2.75, 3.05) is 0 Å². The van der Waals surface area contributed by atoms with E-state index in [0.29, 0.717) is 17.8 Å². The topological polar surface area (TPSA) is 91.0 Å². The van der Waals surface area contributed by atoms with Gasteiger partial charge in [0.2, 0.25) is 0 Å². The zero-order valence-electron chi connectivity index (χ0n) is 12.4. The second-order valence-corrected chi connectivity index (χ2v) is 6.69. The largest absolute Gasteiger partial charge is 0.481 e. The Morgan fingerprint density at radius 1 is 1.55 bits per heavy atom. The number of hydrogen-bond acceptors (Lipinski definition) is 5. The first-order valence-corrected chi connectivity index (χ1v) is 8.16. The zero-order chi connectivity index (χ0) is 16.1. The summed E-state index contributed by atoms with van der Waals surface area (Å²) >= 11 is 1.38. The van der Waals surface area contributed by atoms with Crippen LogP contribution in [-0.2, 0) is 9.59 Å². The number of aromatic nitrogens is 1. The average molecular weight is 318 g/mol. The highest BCUT2D eigenvalue weighted by molar-refractivity contribution is 7.10. The number of aliphatic carboxylic acids is 1. The summed E-state index contributed by atoms with van der Waals surface area (Å²) in [5, 5.41) is 20.7. The van der Waals surface area contributed by atoms with Crippen LogP contribution in [0, 0.1) is 29.1 Å². The van der Waals surface area contributed by atoms with Crippen LogP contribution in [-0.4, -0.2) is 21.8 Å². The number of hydrogen-bond donors (Lipinski definition) is 1. The van der Waals surface area contributed by atoms with Crippen molar-refractivity contribution in [2.24, 2.45) is 17.8 Å². The van der Waals surface area contributed by atoms with Gasteiger partial charge in [0.05, 0.1) is 11.5 Å². The summed E-state index contributed by atoms with van der Waals surface area (Å²) in [5.74, 6) is -0.841. The second kappa shape index (κ2) is 7.32. The van der Waals surface area contributed by atoms with Gasteiger partial charge < -0.3 is 5.11 Å². The number of carboxylic acids is 1. The Balaban J connectivity index is 1.90. The van der Waals surface area contributed by atoms with E-state index in [9.17, 15) is 9.59 Å². The molecule has 0 aromatic carbocycles. The molecule has 0 spiro atoms. The highest BCUT2D eigenvalue weighted by atomic mass is 32.1. The molecule has 1 heterocycles. The van der Waals surface area contributed by atoms with Crippen LogP contribution in [0.5, 0.6) is 0 Å². The normalized spacial score (nSPS) is 24.9. The molecule has 0 aliphatic heterocycles. The van der Waals surface area contributed by atoms with Gasteiger partial charge in [0.25, 0.3) is 0 Å². The third-order valence-electron chi connectivity index (χ3n) is 4.22. The van der Waals surface area contributed by atoms with Crippen molar-refractivity contribution in [1.82, 2.24) is 4.98 Å². The molecule has 1 aromatic rings. The number of nitrogens with zero attached hydrogens (tertiary/aromatic N) is 2. The Bertz CT molecular complexity index is 616. The number of thiazole rings is 1. The van der Waals surface area contributed by atoms with Crippen molar-refractivity contribution in [3.63, 3.8) is 0 Å². The third kappa shape index (κ3) is 4.01. The molecule has 1 unspecified atom stereocenters. The van der Waals surface area contributed by atoms with Crippen LogP contribution < -0.4 is 0 Å². The summed E-state index contributed by atoms with van der Waals surface area (Å²) < 4.78 is 0. The molecule has 22 heavy (non-hydrogen) atoms. The summed E-state index contributed by atoms with van der Waals surface area (Å²) in [7, 11) is 0. The molecule has 0 radical (unpaired) electrons. The first kappa shape index (κ1) is 16.4. The first-order chi connectivity index (χ1) is 10.5. The smallest absolute Gasteiger partial charge is 0.306 e. The summed E-state index contributed by atoms with van der Waals surface area (Å²) in [5.41, 5.74) is 0.121. The molecule has 0 bridgehead atoms. The molecule has 3 atom stereocenters. The second-order valence-electron chi connectivity index (χ2n) is 5.76. The summed E-state index contributed by atoms with van der Waals surface area (Å²) in [6.07, 6.45) is 5.54. The molecular weight excluding hydrogens is 300 g/mol. The predicted molar refractivity (Wildman–Crippen MR) is 83.0 cm³/mol. The number of Topliss-reactive ketones (excluding diaryl/α,β-unsaturated/α-hetero) is 1. The number of nitriles is 1. The van der Waals surface area contributed by atoms with Gasteiger partial charge in [0.1, 0.15) is 11.1 Å². The molecule has 116 valence electrons. The SMILES string of the molecule is C[C@@H]1CC(CCC(=O)/C(C#N)=C/c2nccs2)C[C@H]1C(=O)O. The summed E-state index contributed by atoms with van der Waals surface area (Å²) in [6, 6.07) is 1.94. The molecule has 1 fully saturated rings. The lowest BCUT2D eigenvalue weighted by Gasteiger charge is -2.08. The van der Waals surface area contributed by atoms with Crippen LogP contribution in [0.25, 0.3) is 6.08 Å². The number of carboxylic acid groups (broad SMARTS) is 1. The highest BCUT2D eigenvalue weighted by Gasteiger charge is 2.35. The lowest BCUT2D eigenvalue weighted by Crippen LogP contribution is -2.15. The van der Waals surface area contributed by atoms with Gasteiger partial charge in [-0.1, -0.05) is 6.92 Å². The molecule has 1 aromatic heterocycles. The predicted octanol–water partition coefficient (Wildman–Crippen LogP) is 3.15. The number of carbonyl (C=O) groups is 2. The lowest BCUT2D eigenvalue weighted by molar-refractivity contribution is -0.142. The molecule has 0 saturated heterocycles. The molecule has 6 heteroatoms. The lowest BCUT2D eigenvalue weighted by atomic mass is 9.96. The zero-order valence-corrected chi connectivity index (χ0v) is 13.2. The van der Waals surface area contributed by atoms with E-state index >= 15 is 0 Å². The van der Waals surface area contributed by atoms with Gasteiger partial charge in [-0.15, -0.1) is 11.3 Å². The van der Waals surface area contributed by atoms with Crippen LogP contribution in [0.15, 0.2) is 17.2 Å². The van der Waals surface area contributed by atoms with E-state index in [1.807, 2.05) is 13.0 Å². The number of carbonyl (C=O) groups excluding carboxylic acids is 1. The monoisotopic (exact) mass is 318 g/mol. The number of allylic oxidation sites excluding steroid dienone is 1. The van der Waals surface area contributed by atoms with Crippen molar-refractivity contribution >= 4 is 29.2 Å². The number of ketones is 1. The van der Waals surface area contributed by atoms with Gasteiger partial charge in [-0.3, -0.25) is 9.59 Å². The van der Waals surface area contributed by atoms with Gasteiger partial charge in [-0.25, -0.2) is 4.98 Å². The Kier molecular flexibility index (Phi) is 5.45. The van der Waals surface area contributed by atoms with E-state index in [0.717, 1.165) is 6.42 Å². The Morgan fingerprint density at radius 2 is 2.32 bits per heavy atom. The quantitative estimate of drug-likeness (QED) is 0.642. The van der Waals surface area contributed by atoms with Crippen molar-refractivity contribution < 1.29 is 14.7 Å². The minimum atomic E-state index is -0.747. The van der Waals surface area contributed by atoms with Crippen LogP contribution in [0.1, 0.15) is 37.6 Å². The maximum absolute atomic E-state index is 12.1. The standard InChI is InChI=1S/C16H18N2O3S/c1-10-6-11(7-13(10)16(20)21)2-3-14(19)12(9-17)8-15-18-4-5-22-15/h4-5,8,10-11,13H,2-3,6-7H2,1H3,(H,20,21)/b12-8+/t10-,11?,13-/m1/s1. The van der Waals surface area contributed by atoms with Gasteiger partial charge >= 0.3 is 5.97 Å². The summed E-state index contributed by atoms with van der Waals surface area (Å²) in [6.45, 7) is 1.95.